The molecule has 1 fully saturated rings. The zero-order valence-corrected chi connectivity index (χ0v) is 22.8. The van der Waals surface area contributed by atoms with E-state index in [4.69, 9.17) is 16.7 Å². The number of aliphatic hydroxyl groups is 1. The maximum atomic E-state index is 11.8. The SMILES string of the molecule is CNC(=O)c1ccc(OC(F)(F)F)cc1.O=C1CC(c2ccc(Cl)cc2)CN1.O=CN/C=C\C=C/CC(O)C(F)(F)F. The van der Waals surface area contributed by atoms with E-state index in [-0.39, 0.29) is 23.1 Å². The molecule has 2 unspecified atom stereocenters. The van der Waals surface area contributed by atoms with Gasteiger partial charge in [0.15, 0.2) is 6.10 Å². The van der Waals surface area contributed by atoms with E-state index in [0.29, 0.717) is 18.7 Å². The van der Waals surface area contributed by atoms with Crippen molar-refractivity contribution in [3.63, 3.8) is 0 Å². The number of ether oxygens (including phenoxy) is 1. The van der Waals surface area contributed by atoms with Crippen LogP contribution in [-0.2, 0) is 9.59 Å². The molecule has 3 rings (SSSR count). The lowest BCUT2D eigenvalue weighted by atomic mass is 9.99. The highest BCUT2D eigenvalue weighted by molar-refractivity contribution is 6.30. The first-order valence-corrected chi connectivity index (χ1v) is 12.4. The molecule has 2 aromatic carbocycles. The maximum Gasteiger partial charge on any atom is 0.573 e. The Morgan fingerprint density at radius 3 is 2.19 bits per heavy atom. The van der Waals surface area contributed by atoms with Crippen molar-refractivity contribution in [1.29, 1.82) is 0 Å². The summed E-state index contributed by atoms with van der Waals surface area (Å²) in [5.74, 6) is -0.256. The van der Waals surface area contributed by atoms with Gasteiger partial charge in [-0.05, 0) is 48.0 Å². The summed E-state index contributed by atoms with van der Waals surface area (Å²) in [5, 5.41) is 16.6. The Morgan fingerprint density at radius 2 is 1.71 bits per heavy atom. The standard InChI is InChI=1S/C10H10ClNO.C9H8F3NO2.C8H10F3NO2/c11-9-3-1-7(2-4-9)8-5-10(13)12-6-8;1-13-8(14)6-2-4-7(5-3-6)15-9(10,11)12;9-8(10,11)7(14)4-2-1-3-5-12-6-13/h1-4,8H,5-6H2,(H,12,13);2-5H,1H3,(H,13,14);1-3,5-7,14H,4H2,(H,12,13)/b;;2-1-,5-3-. The quantitative estimate of drug-likeness (QED) is 0.188. The largest absolute Gasteiger partial charge is 0.573 e. The minimum Gasteiger partial charge on any atom is -0.406 e. The summed E-state index contributed by atoms with van der Waals surface area (Å²) in [6, 6.07) is 12.3. The number of hydrogen-bond donors (Lipinski definition) is 4. The minimum absolute atomic E-state index is 0.139. The summed E-state index contributed by atoms with van der Waals surface area (Å²) in [6.45, 7) is 0.750. The number of benzene rings is 2. The number of amides is 3. The zero-order chi connectivity index (χ0) is 31.8. The van der Waals surface area contributed by atoms with Crippen LogP contribution < -0.4 is 20.7 Å². The Kier molecular flexibility index (Phi) is 15.2. The molecule has 230 valence electrons. The fraction of sp³-hybridized carbons (Fsp3) is 0.296. The van der Waals surface area contributed by atoms with Crippen LogP contribution in [0.5, 0.6) is 5.75 Å². The van der Waals surface area contributed by atoms with E-state index in [1.807, 2.05) is 24.3 Å². The smallest absolute Gasteiger partial charge is 0.406 e. The number of alkyl halides is 6. The number of carbonyl (C=O) groups is 3. The molecule has 15 heteroatoms. The van der Waals surface area contributed by atoms with Crippen LogP contribution in [0.3, 0.4) is 0 Å². The molecule has 1 saturated heterocycles. The van der Waals surface area contributed by atoms with Crippen molar-refractivity contribution in [2.45, 2.75) is 37.4 Å². The summed E-state index contributed by atoms with van der Waals surface area (Å²) < 4.78 is 74.1. The van der Waals surface area contributed by atoms with Crippen molar-refractivity contribution in [3.05, 3.63) is 89.1 Å². The highest BCUT2D eigenvalue weighted by Gasteiger charge is 2.37. The van der Waals surface area contributed by atoms with E-state index in [0.717, 1.165) is 29.8 Å². The molecule has 2 aromatic rings. The van der Waals surface area contributed by atoms with Crippen molar-refractivity contribution in [2.24, 2.45) is 0 Å². The van der Waals surface area contributed by atoms with Gasteiger partial charge in [0.1, 0.15) is 5.75 Å². The van der Waals surface area contributed by atoms with Gasteiger partial charge in [-0.15, -0.1) is 13.2 Å². The molecule has 1 aliphatic rings. The molecular formula is C27H28ClF6N3O5. The highest BCUT2D eigenvalue weighted by atomic mass is 35.5. The van der Waals surface area contributed by atoms with Gasteiger partial charge in [-0.25, -0.2) is 0 Å². The van der Waals surface area contributed by atoms with Crippen molar-refractivity contribution in [1.82, 2.24) is 16.0 Å². The Hall–Kier alpha value is -4.04. The predicted molar refractivity (Wildman–Crippen MR) is 142 cm³/mol. The Balaban J connectivity index is 0.000000316. The molecule has 1 heterocycles. The van der Waals surface area contributed by atoms with E-state index in [1.165, 1.54) is 43.1 Å². The Labute approximate surface area is 242 Å². The van der Waals surface area contributed by atoms with Crippen molar-refractivity contribution < 1.29 is 50.6 Å². The Morgan fingerprint density at radius 1 is 1.10 bits per heavy atom. The number of nitrogens with one attached hydrogen (secondary N) is 3. The zero-order valence-electron chi connectivity index (χ0n) is 22.0. The average Bonchev–Trinajstić information content (AvgIpc) is 3.36. The number of halogens is 7. The topological polar surface area (TPSA) is 117 Å². The van der Waals surface area contributed by atoms with Crippen LogP contribution in [0.25, 0.3) is 0 Å². The molecule has 2 atom stereocenters. The van der Waals surface area contributed by atoms with Gasteiger partial charge in [-0.1, -0.05) is 35.9 Å². The van der Waals surface area contributed by atoms with Crippen LogP contribution in [0.4, 0.5) is 26.3 Å². The second-order valence-electron chi connectivity index (χ2n) is 8.27. The molecular weight excluding hydrogens is 596 g/mol. The second kappa shape index (κ2) is 17.7. The van der Waals surface area contributed by atoms with Gasteiger partial charge in [0.2, 0.25) is 12.3 Å². The van der Waals surface area contributed by atoms with E-state index < -0.39 is 25.1 Å². The fourth-order valence-corrected chi connectivity index (χ4v) is 3.22. The molecule has 0 bridgehead atoms. The first kappa shape index (κ1) is 36.0. The molecule has 0 spiro atoms. The average molecular weight is 624 g/mol. The minimum atomic E-state index is -4.71. The summed E-state index contributed by atoms with van der Waals surface area (Å²) in [6.07, 6.45) is -6.07. The van der Waals surface area contributed by atoms with Crippen molar-refractivity contribution in [3.8, 4) is 5.75 Å². The lowest BCUT2D eigenvalue weighted by Crippen LogP contribution is -2.27. The molecule has 8 nitrogen and oxygen atoms in total. The molecule has 4 N–H and O–H groups in total. The van der Waals surface area contributed by atoms with Gasteiger partial charge in [0.05, 0.1) is 0 Å². The molecule has 42 heavy (non-hydrogen) atoms. The summed E-state index contributed by atoms with van der Waals surface area (Å²) in [4.78, 5) is 31.7. The predicted octanol–water partition coefficient (Wildman–Crippen LogP) is 5.00. The lowest BCUT2D eigenvalue weighted by Gasteiger charge is -2.11. The van der Waals surface area contributed by atoms with Crippen LogP contribution in [0.15, 0.2) is 73.0 Å². The van der Waals surface area contributed by atoms with Crippen molar-refractivity contribution >= 4 is 29.8 Å². The monoisotopic (exact) mass is 623 g/mol. The highest BCUT2D eigenvalue weighted by Crippen LogP contribution is 2.25. The van der Waals surface area contributed by atoms with Crippen LogP contribution in [0, 0.1) is 0 Å². The molecule has 3 amide bonds. The molecule has 0 saturated carbocycles. The number of carbonyl (C=O) groups excluding carboxylic acids is 3. The first-order valence-electron chi connectivity index (χ1n) is 12.0. The number of aliphatic hydroxyl groups excluding tert-OH is 1. The Bertz CT molecular complexity index is 1190. The normalized spacial score (nSPS) is 15.5. The third kappa shape index (κ3) is 15.1. The summed E-state index contributed by atoms with van der Waals surface area (Å²) in [5.41, 5.74) is 1.45. The van der Waals surface area contributed by atoms with Crippen LogP contribution >= 0.6 is 11.6 Å². The van der Waals surface area contributed by atoms with E-state index in [2.05, 4.69) is 20.7 Å². The first-order chi connectivity index (χ1) is 19.7. The number of rotatable bonds is 8. The van der Waals surface area contributed by atoms with E-state index in [9.17, 15) is 40.7 Å². The maximum absolute atomic E-state index is 11.8. The van der Waals surface area contributed by atoms with Gasteiger partial charge < -0.3 is 25.8 Å². The fourth-order valence-electron chi connectivity index (χ4n) is 3.10. The van der Waals surface area contributed by atoms with Crippen LogP contribution in [-0.4, -0.2) is 55.6 Å². The summed E-state index contributed by atoms with van der Waals surface area (Å²) in [7, 11) is 1.43. The van der Waals surface area contributed by atoms with E-state index in [1.54, 1.807) is 0 Å². The summed E-state index contributed by atoms with van der Waals surface area (Å²) >= 11 is 5.76. The lowest BCUT2D eigenvalue weighted by molar-refractivity contribution is -0.274. The van der Waals surface area contributed by atoms with Gasteiger partial charge in [-0.2, -0.15) is 13.2 Å². The van der Waals surface area contributed by atoms with E-state index >= 15 is 0 Å². The van der Waals surface area contributed by atoms with Gasteiger partial charge in [0.25, 0.3) is 5.91 Å². The van der Waals surface area contributed by atoms with Gasteiger partial charge in [-0.3, -0.25) is 14.4 Å². The number of hydrogen-bond acceptors (Lipinski definition) is 5. The van der Waals surface area contributed by atoms with Crippen LogP contribution in [0.1, 0.15) is 34.7 Å². The molecule has 0 aromatic heterocycles. The van der Waals surface area contributed by atoms with Crippen LogP contribution in [0.2, 0.25) is 5.02 Å². The number of allylic oxidation sites excluding steroid dienone is 2. The van der Waals surface area contributed by atoms with Crippen molar-refractivity contribution in [2.75, 3.05) is 13.6 Å². The third-order valence-corrected chi connectivity index (χ3v) is 5.39. The van der Waals surface area contributed by atoms with Gasteiger partial charge >= 0.3 is 12.5 Å². The van der Waals surface area contributed by atoms with Gasteiger partial charge in [0, 0.05) is 49.1 Å². The third-order valence-electron chi connectivity index (χ3n) is 5.14. The second-order valence-corrected chi connectivity index (χ2v) is 8.71. The molecule has 0 radical (unpaired) electrons. The molecule has 0 aliphatic carbocycles. The molecule has 1 aliphatic heterocycles.